The van der Waals surface area contributed by atoms with Crippen molar-refractivity contribution in [2.45, 2.75) is 40.2 Å². The zero-order chi connectivity index (χ0) is 23.0. The maximum absolute atomic E-state index is 12.9. The number of nitrogens with zero attached hydrogens (tertiary/aromatic N) is 2. The summed E-state index contributed by atoms with van der Waals surface area (Å²) in [7, 11) is 0. The number of rotatable bonds is 4. The van der Waals surface area contributed by atoms with Crippen LogP contribution in [0.25, 0.3) is 10.9 Å². The van der Waals surface area contributed by atoms with Crippen molar-refractivity contribution in [2.75, 3.05) is 13.1 Å². The van der Waals surface area contributed by atoms with Gasteiger partial charge in [0.25, 0.3) is 11.5 Å². The van der Waals surface area contributed by atoms with E-state index < -0.39 is 6.10 Å². The van der Waals surface area contributed by atoms with Gasteiger partial charge in [0.1, 0.15) is 17.7 Å². The van der Waals surface area contributed by atoms with Crippen molar-refractivity contribution in [3.63, 3.8) is 0 Å². The van der Waals surface area contributed by atoms with Crippen LogP contribution in [0.4, 0.5) is 0 Å². The van der Waals surface area contributed by atoms with Crippen molar-refractivity contribution in [3.05, 3.63) is 68.7 Å². The third kappa shape index (κ3) is 4.65. The van der Waals surface area contributed by atoms with Crippen LogP contribution >= 0.6 is 11.6 Å². The second-order valence-corrected chi connectivity index (χ2v) is 9.39. The number of ether oxygens (including phenoxy) is 1. The number of hydrogen-bond acceptors (Lipinski definition) is 4. The molecule has 0 aliphatic carbocycles. The lowest BCUT2D eigenvalue weighted by Gasteiger charge is -2.35. The van der Waals surface area contributed by atoms with Crippen LogP contribution < -0.4 is 10.3 Å². The minimum absolute atomic E-state index is 0.0580. The van der Waals surface area contributed by atoms with Gasteiger partial charge in [-0.25, -0.2) is 4.98 Å². The molecular weight excluding hydrogens is 426 g/mol. The maximum Gasteiger partial charge on any atom is 0.258 e. The van der Waals surface area contributed by atoms with Crippen LogP contribution in [0.15, 0.2) is 41.2 Å². The second-order valence-electron chi connectivity index (χ2n) is 8.98. The molecule has 1 aliphatic heterocycles. The summed E-state index contributed by atoms with van der Waals surface area (Å²) < 4.78 is 6.07. The molecule has 2 heterocycles. The van der Waals surface area contributed by atoms with Gasteiger partial charge in [0.05, 0.1) is 10.9 Å². The Labute approximate surface area is 192 Å². The zero-order valence-corrected chi connectivity index (χ0v) is 19.6. The van der Waals surface area contributed by atoms with Crippen LogP contribution in [-0.4, -0.2) is 33.9 Å². The number of amides is 1. The van der Waals surface area contributed by atoms with Crippen molar-refractivity contribution in [1.29, 1.82) is 0 Å². The number of aryl methyl sites for hydroxylation is 1. The first kappa shape index (κ1) is 22.3. The fraction of sp³-hybridized carbons (Fsp3) is 0.400. The minimum atomic E-state index is -0.391. The number of piperidine rings is 1. The number of nitrogens with one attached hydrogen (secondary N) is 1. The van der Waals surface area contributed by atoms with Crippen LogP contribution in [0.3, 0.4) is 0 Å². The molecule has 4 rings (SSSR count). The number of carbonyl (C=O) groups excluding carboxylic acids is 1. The third-order valence-corrected chi connectivity index (χ3v) is 6.28. The third-order valence-electron chi connectivity index (χ3n) is 5.95. The second kappa shape index (κ2) is 8.94. The molecule has 0 saturated carbocycles. The van der Waals surface area contributed by atoms with Crippen molar-refractivity contribution >= 4 is 28.4 Å². The van der Waals surface area contributed by atoms with E-state index in [9.17, 15) is 9.59 Å². The fourth-order valence-electron chi connectivity index (χ4n) is 4.56. The quantitative estimate of drug-likeness (QED) is 0.593. The highest BCUT2D eigenvalue weighted by molar-refractivity contribution is 6.32. The number of aromatic nitrogens is 2. The van der Waals surface area contributed by atoms with E-state index in [1.807, 2.05) is 11.8 Å². The first-order valence-electron chi connectivity index (χ1n) is 11.0. The van der Waals surface area contributed by atoms with Gasteiger partial charge < -0.3 is 14.6 Å². The van der Waals surface area contributed by atoms with Gasteiger partial charge in [-0.1, -0.05) is 25.4 Å². The molecule has 6 nitrogen and oxygen atoms in total. The molecule has 7 heteroatoms. The van der Waals surface area contributed by atoms with E-state index in [0.29, 0.717) is 50.5 Å². The number of hydrogen-bond donors (Lipinski definition) is 1. The Morgan fingerprint density at radius 2 is 1.84 bits per heavy atom. The number of aromatic amines is 1. The molecule has 2 aromatic carbocycles. The number of halogens is 1. The lowest BCUT2D eigenvalue weighted by Crippen LogP contribution is -2.42. The molecule has 0 radical (unpaired) electrons. The van der Waals surface area contributed by atoms with Gasteiger partial charge >= 0.3 is 0 Å². The maximum atomic E-state index is 12.9. The summed E-state index contributed by atoms with van der Waals surface area (Å²) in [5.74, 6) is 2.26. The average Bonchev–Trinajstić information content (AvgIpc) is 2.72. The molecule has 1 saturated heterocycles. The molecule has 3 aromatic rings. The largest absolute Gasteiger partial charge is 0.486 e. The lowest BCUT2D eigenvalue weighted by atomic mass is 9.91. The Hall–Kier alpha value is -2.86. The molecule has 1 aliphatic rings. The summed E-state index contributed by atoms with van der Waals surface area (Å²) in [5.41, 5.74) is 1.70. The van der Waals surface area contributed by atoms with Crippen molar-refractivity contribution in [1.82, 2.24) is 14.9 Å². The van der Waals surface area contributed by atoms with Gasteiger partial charge in [0, 0.05) is 29.2 Å². The van der Waals surface area contributed by atoms with Gasteiger partial charge in [-0.2, -0.15) is 0 Å². The first-order valence-corrected chi connectivity index (χ1v) is 11.3. The van der Waals surface area contributed by atoms with E-state index >= 15 is 0 Å². The van der Waals surface area contributed by atoms with Crippen molar-refractivity contribution in [3.8, 4) is 5.75 Å². The molecular formula is C25H28ClN3O3. The van der Waals surface area contributed by atoms with E-state index in [1.54, 1.807) is 43.3 Å². The standard InChI is InChI=1S/C25H28ClN3O3/c1-14-9-15(2)13-29(12-14)25(31)18-5-7-19(8-6-18)32-16(3)20-10-21-23(11-22(20)26)27-17(4)28-24(21)30/h5-8,10-11,14-16H,9,12-13H2,1-4H3,(H,27,28,30). The highest BCUT2D eigenvalue weighted by Gasteiger charge is 2.26. The van der Waals surface area contributed by atoms with Crippen LogP contribution in [0.2, 0.25) is 5.02 Å². The molecule has 1 N–H and O–H groups in total. The molecule has 0 spiro atoms. The monoisotopic (exact) mass is 453 g/mol. The summed E-state index contributed by atoms with van der Waals surface area (Å²) in [6.45, 7) is 9.58. The molecule has 3 unspecified atom stereocenters. The molecule has 0 bridgehead atoms. The predicted molar refractivity (Wildman–Crippen MR) is 126 cm³/mol. The lowest BCUT2D eigenvalue weighted by molar-refractivity contribution is 0.0623. The fourth-order valence-corrected chi connectivity index (χ4v) is 4.87. The van der Waals surface area contributed by atoms with Crippen molar-refractivity contribution in [2.24, 2.45) is 11.8 Å². The van der Waals surface area contributed by atoms with Gasteiger partial charge in [0.15, 0.2) is 0 Å². The molecule has 1 aromatic heterocycles. The Morgan fingerprint density at radius 1 is 1.19 bits per heavy atom. The van der Waals surface area contributed by atoms with Crippen LogP contribution in [0.1, 0.15) is 55.0 Å². The van der Waals surface area contributed by atoms with Gasteiger partial charge in [0.2, 0.25) is 0 Å². The number of likely N-dealkylation sites (tertiary alicyclic amines) is 1. The number of benzene rings is 2. The van der Waals surface area contributed by atoms with Crippen LogP contribution in [-0.2, 0) is 0 Å². The normalized spacial score (nSPS) is 19.7. The number of H-pyrrole nitrogens is 1. The molecule has 1 fully saturated rings. The van der Waals surface area contributed by atoms with Gasteiger partial charge in [-0.05, 0) is 68.5 Å². The predicted octanol–water partition coefficient (Wildman–Crippen LogP) is 5.14. The molecule has 168 valence electrons. The Bertz CT molecular complexity index is 1200. The van der Waals surface area contributed by atoms with Crippen LogP contribution in [0, 0.1) is 18.8 Å². The van der Waals surface area contributed by atoms with Crippen molar-refractivity contribution < 1.29 is 9.53 Å². The van der Waals surface area contributed by atoms with E-state index in [1.165, 1.54) is 0 Å². The van der Waals surface area contributed by atoms with E-state index in [-0.39, 0.29) is 11.5 Å². The smallest absolute Gasteiger partial charge is 0.258 e. The summed E-state index contributed by atoms with van der Waals surface area (Å²) in [6.07, 6.45) is 0.769. The van der Waals surface area contributed by atoms with E-state index in [4.69, 9.17) is 16.3 Å². The minimum Gasteiger partial charge on any atom is -0.486 e. The first-order chi connectivity index (χ1) is 15.2. The van der Waals surface area contributed by atoms with E-state index in [2.05, 4.69) is 23.8 Å². The number of carbonyl (C=O) groups is 1. The molecule has 1 amide bonds. The van der Waals surface area contributed by atoms with Gasteiger partial charge in [-0.15, -0.1) is 0 Å². The average molecular weight is 454 g/mol. The number of fused-ring (bicyclic) bond motifs is 1. The molecule has 3 atom stereocenters. The summed E-state index contributed by atoms with van der Waals surface area (Å²) >= 11 is 6.46. The Kier molecular flexibility index (Phi) is 6.24. The summed E-state index contributed by atoms with van der Waals surface area (Å²) in [4.78, 5) is 34.2. The van der Waals surface area contributed by atoms with Crippen LogP contribution in [0.5, 0.6) is 5.75 Å². The molecule has 32 heavy (non-hydrogen) atoms. The summed E-state index contributed by atoms with van der Waals surface area (Å²) in [5, 5.41) is 0.957. The van der Waals surface area contributed by atoms with E-state index in [0.717, 1.165) is 19.5 Å². The Morgan fingerprint density at radius 3 is 2.50 bits per heavy atom. The highest BCUT2D eigenvalue weighted by atomic mass is 35.5. The highest BCUT2D eigenvalue weighted by Crippen LogP contribution is 2.30. The Balaban J connectivity index is 1.50. The van der Waals surface area contributed by atoms with Gasteiger partial charge in [-0.3, -0.25) is 9.59 Å². The topological polar surface area (TPSA) is 75.3 Å². The summed E-state index contributed by atoms with van der Waals surface area (Å²) in [6, 6.07) is 10.6. The zero-order valence-electron chi connectivity index (χ0n) is 18.8. The SMILES string of the molecule is Cc1nc2cc(Cl)c(C(C)Oc3ccc(C(=O)N4CC(C)CC(C)C4)cc3)cc2c(=O)[nH]1.